The van der Waals surface area contributed by atoms with Crippen molar-refractivity contribution < 1.29 is 19.1 Å². The van der Waals surface area contributed by atoms with E-state index in [1.54, 1.807) is 43.2 Å². The van der Waals surface area contributed by atoms with Gasteiger partial charge in [-0.15, -0.1) is 0 Å². The van der Waals surface area contributed by atoms with Crippen LogP contribution in [-0.4, -0.2) is 42.1 Å². The highest BCUT2D eigenvalue weighted by atomic mass is 16.5. The minimum atomic E-state index is -0.937. The number of likely N-dealkylation sites (tertiary alicyclic amines) is 1. The van der Waals surface area contributed by atoms with E-state index in [4.69, 9.17) is 9.47 Å². The average molecular weight is 370 g/mol. The van der Waals surface area contributed by atoms with Crippen molar-refractivity contribution >= 4 is 18.0 Å². The lowest BCUT2D eigenvalue weighted by atomic mass is 9.97. The zero-order valence-electron chi connectivity index (χ0n) is 16.3. The summed E-state index contributed by atoms with van der Waals surface area (Å²) in [6, 6.07) is 9.02. The van der Waals surface area contributed by atoms with E-state index in [0.29, 0.717) is 11.3 Å². The van der Waals surface area contributed by atoms with E-state index >= 15 is 0 Å². The smallest absolute Gasteiger partial charge is 0.349 e. The molecule has 0 bridgehead atoms. The molecule has 1 fully saturated rings. The number of hydrogen-bond acceptors (Lipinski definition) is 5. The summed E-state index contributed by atoms with van der Waals surface area (Å²) in [7, 11) is 1.56. The fourth-order valence-electron chi connectivity index (χ4n) is 3.34. The van der Waals surface area contributed by atoms with Crippen molar-refractivity contribution in [3.8, 4) is 11.8 Å². The van der Waals surface area contributed by atoms with Crippen molar-refractivity contribution in [2.45, 2.75) is 58.2 Å². The molecule has 6 nitrogen and oxygen atoms in total. The van der Waals surface area contributed by atoms with Crippen molar-refractivity contribution in [3.05, 3.63) is 35.4 Å². The van der Waals surface area contributed by atoms with Crippen LogP contribution in [0.3, 0.4) is 0 Å². The minimum Gasteiger partial charge on any atom is -0.497 e. The highest BCUT2D eigenvalue weighted by Crippen LogP contribution is 2.24. The normalized spacial score (nSPS) is 21.1. The lowest BCUT2D eigenvalue weighted by molar-refractivity contribution is -0.159. The maximum Gasteiger partial charge on any atom is 0.349 e. The number of piperidine rings is 1. The van der Waals surface area contributed by atoms with Gasteiger partial charge in [0.15, 0.2) is 6.10 Å². The number of methoxy groups -OCH3 is 1. The number of ether oxygens (including phenoxy) is 2. The first-order valence-corrected chi connectivity index (χ1v) is 9.16. The van der Waals surface area contributed by atoms with Gasteiger partial charge in [0, 0.05) is 12.1 Å². The molecule has 144 valence electrons. The molecular weight excluding hydrogens is 344 g/mol. The molecule has 1 amide bonds. The molecule has 0 N–H and O–H groups in total. The van der Waals surface area contributed by atoms with Crippen LogP contribution in [0.1, 0.15) is 45.6 Å². The predicted molar refractivity (Wildman–Crippen MR) is 102 cm³/mol. The highest BCUT2D eigenvalue weighted by Gasteiger charge is 2.33. The summed E-state index contributed by atoms with van der Waals surface area (Å²) in [6.07, 6.45) is 3.47. The number of amides is 1. The average Bonchev–Trinajstić information content (AvgIpc) is 2.66. The summed E-state index contributed by atoms with van der Waals surface area (Å²) >= 11 is 0. The third-order valence-electron chi connectivity index (χ3n) is 4.85. The second-order valence-electron chi connectivity index (χ2n) is 6.86. The molecule has 0 aromatic heterocycles. The van der Waals surface area contributed by atoms with Crippen molar-refractivity contribution in [3.63, 3.8) is 0 Å². The van der Waals surface area contributed by atoms with Gasteiger partial charge < -0.3 is 14.4 Å². The van der Waals surface area contributed by atoms with E-state index in [0.717, 1.165) is 19.3 Å². The molecule has 0 unspecified atom stereocenters. The molecule has 1 aliphatic rings. The molecule has 27 heavy (non-hydrogen) atoms. The first-order valence-electron chi connectivity index (χ1n) is 9.16. The van der Waals surface area contributed by atoms with Gasteiger partial charge in [0.2, 0.25) is 0 Å². The molecule has 0 aliphatic carbocycles. The molecule has 0 saturated carbocycles. The van der Waals surface area contributed by atoms with Gasteiger partial charge in [0.25, 0.3) is 5.91 Å². The van der Waals surface area contributed by atoms with Crippen molar-refractivity contribution in [2.24, 2.45) is 0 Å². The van der Waals surface area contributed by atoms with E-state index in [1.807, 2.05) is 19.9 Å². The Morgan fingerprint density at radius 3 is 2.33 bits per heavy atom. The maximum absolute atomic E-state index is 12.7. The number of carbonyl (C=O) groups is 2. The second-order valence-corrected chi connectivity index (χ2v) is 6.86. The number of rotatable bonds is 5. The second kappa shape index (κ2) is 9.22. The Balaban J connectivity index is 2.07. The first-order chi connectivity index (χ1) is 12.9. The molecule has 1 heterocycles. The summed E-state index contributed by atoms with van der Waals surface area (Å²) in [4.78, 5) is 26.9. The topological polar surface area (TPSA) is 79.6 Å². The molecular formula is C21H26N2O4. The molecule has 1 saturated heterocycles. The van der Waals surface area contributed by atoms with Gasteiger partial charge in [-0.1, -0.05) is 12.1 Å². The number of hydrogen-bond donors (Lipinski definition) is 0. The zero-order valence-corrected chi connectivity index (χ0v) is 16.3. The Labute approximate surface area is 160 Å². The Kier molecular flexibility index (Phi) is 7.00. The summed E-state index contributed by atoms with van der Waals surface area (Å²) in [5.41, 5.74) is 0.515. The summed E-state index contributed by atoms with van der Waals surface area (Å²) in [5.74, 6) is -0.339. The lowest BCUT2D eigenvalue weighted by Gasteiger charge is -2.40. The van der Waals surface area contributed by atoms with Crippen LogP contribution in [0.25, 0.3) is 6.08 Å². The van der Waals surface area contributed by atoms with Gasteiger partial charge in [0.1, 0.15) is 17.4 Å². The molecule has 3 atom stereocenters. The number of nitriles is 1. The van der Waals surface area contributed by atoms with Crippen LogP contribution >= 0.6 is 0 Å². The molecule has 6 heteroatoms. The molecule has 1 aromatic carbocycles. The first kappa shape index (κ1) is 20.5. The molecule has 0 radical (unpaired) electrons. The maximum atomic E-state index is 12.7. The van der Waals surface area contributed by atoms with Crippen LogP contribution in [0.2, 0.25) is 0 Å². The number of esters is 1. The molecule has 0 spiro atoms. The van der Waals surface area contributed by atoms with Crippen molar-refractivity contribution in [2.75, 3.05) is 7.11 Å². The summed E-state index contributed by atoms with van der Waals surface area (Å²) in [6.45, 7) is 5.56. The van der Waals surface area contributed by atoms with Gasteiger partial charge >= 0.3 is 5.97 Å². The van der Waals surface area contributed by atoms with Crippen molar-refractivity contribution in [1.82, 2.24) is 4.90 Å². The Hall–Kier alpha value is -2.81. The number of nitrogens with zero attached hydrogens (tertiary/aromatic N) is 2. The fourth-order valence-corrected chi connectivity index (χ4v) is 3.34. The Morgan fingerprint density at radius 1 is 1.22 bits per heavy atom. The Bertz CT molecular complexity index is 738. The van der Waals surface area contributed by atoms with Gasteiger partial charge in [-0.05, 0) is 63.8 Å². The van der Waals surface area contributed by atoms with Gasteiger partial charge in [0.05, 0.1) is 7.11 Å². The van der Waals surface area contributed by atoms with Gasteiger partial charge in [-0.2, -0.15) is 5.26 Å². The molecule has 1 aromatic rings. The SMILES string of the molecule is COc1ccc(/C=C(\C#N)C(=O)O[C@H](C)C(=O)N2[C@@H](C)CCC[C@@H]2C)cc1. The quantitative estimate of drug-likeness (QED) is 0.451. The van der Waals surface area contributed by atoms with E-state index < -0.39 is 12.1 Å². The van der Waals surface area contributed by atoms with Crippen LogP contribution in [0.15, 0.2) is 29.8 Å². The largest absolute Gasteiger partial charge is 0.497 e. The van der Waals surface area contributed by atoms with Gasteiger partial charge in [-0.25, -0.2) is 4.79 Å². The van der Waals surface area contributed by atoms with E-state index in [-0.39, 0.29) is 23.6 Å². The van der Waals surface area contributed by atoms with Gasteiger partial charge in [-0.3, -0.25) is 4.79 Å². The van der Waals surface area contributed by atoms with E-state index in [9.17, 15) is 14.9 Å². The standard InChI is InChI=1S/C21H26N2O4/c1-14-6-5-7-15(2)23(14)20(24)16(3)27-21(25)18(13-22)12-17-8-10-19(26-4)11-9-17/h8-12,14-16H,5-7H2,1-4H3/b18-12+/t14-,15-,16+/m0/s1. The Morgan fingerprint density at radius 2 is 1.81 bits per heavy atom. The molecule has 2 rings (SSSR count). The predicted octanol–water partition coefficient (Wildman–Crippen LogP) is 3.32. The fraction of sp³-hybridized carbons (Fsp3) is 0.476. The minimum absolute atomic E-state index is 0.118. The van der Waals surface area contributed by atoms with Crippen LogP contribution in [0.4, 0.5) is 0 Å². The number of benzene rings is 1. The van der Waals surface area contributed by atoms with E-state index in [2.05, 4.69) is 0 Å². The lowest BCUT2D eigenvalue weighted by Crippen LogP contribution is -2.51. The van der Waals surface area contributed by atoms with Crippen LogP contribution in [-0.2, 0) is 14.3 Å². The molecule has 1 aliphatic heterocycles. The summed E-state index contributed by atoms with van der Waals surface area (Å²) < 4.78 is 10.4. The van der Waals surface area contributed by atoms with Crippen LogP contribution in [0.5, 0.6) is 5.75 Å². The third-order valence-corrected chi connectivity index (χ3v) is 4.85. The monoisotopic (exact) mass is 370 g/mol. The third kappa shape index (κ3) is 5.10. The zero-order chi connectivity index (χ0) is 20.0. The highest BCUT2D eigenvalue weighted by molar-refractivity contribution is 5.99. The van der Waals surface area contributed by atoms with E-state index in [1.165, 1.54) is 6.08 Å². The number of carbonyl (C=O) groups excluding carboxylic acids is 2. The van der Waals surface area contributed by atoms with Crippen LogP contribution < -0.4 is 4.74 Å². The van der Waals surface area contributed by atoms with Crippen molar-refractivity contribution in [1.29, 1.82) is 5.26 Å². The summed E-state index contributed by atoms with van der Waals surface area (Å²) in [5, 5.41) is 9.30. The van der Waals surface area contributed by atoms with Crippen LogP contribution in [0, 0.1) is 11.3 Å².